The molecule has 21 heavy (non-hydrogen) atoms. The third-order valence-electron chi connectivity index (χ3n) is 3.75. The van der Waals surface area contributed by atoms with Crippen LogP contribution in [-0.4, -0.2) is 28.6 Å². The van der Waals surface area contributed by atoms with Crippen LogP contribution in [0.3, 0.4) is 0 Å². The molecule has 0 aliphatic carbocycles. The molecule has 1 aliphatic rings. The van der Waals surface area contributed by atoms with E-state index in [2.05, 4.69) is 48.8 Å². The van der Waals surface area contributed by atoms with E-state index in [1.165, 1.54) is 17.9 Å². The van der Waals surface area contributed by atoms with Gasteiger partial charge in [0.1, 0.15) is 0 Å². The van der Waals surface area contributed by atoms with Gasteiger partial charge in [0.15, 0.2) is 0 Å². The van der Waals surface area contributed by atoms with Gasteiger partial charge < -0.3 is 5.32 Å². The summed E-state index contributed by atoms with van der Waals surface area (Å²) in [5.74, 6) is 2.47. The summed E-state index contributed by atoms with van der Waals surface area (Å²) in [6, 6.07) is 6.27. The second-order valence-corrected chi connectivity index (χ2v) is 8.65. The standard InChI is InChI=1S/C16H23Cl2NS2/c1-3-8-19-15(11-6-5-7-12(17)14(11)18)16-13(4-2)20-9-10-21-16/h5-7,13,15-16,19H,3-4,8-10H2,1-2H3. The van der Waals surface area contributed by atoms with Crippen molar-refractivity contribution in [2.75, 3.05) is 18.1 Å². The largest absolute Gasteiger partial charge is 0.309 e. The minimum absolute atomic E-state index is 0.277. The minimum atomic E-state index is 0.277. The van der Waals surface area contributed by atoms with Crippen LogP contribution < -0.4 is 5.32 Å². The van der Waals surface area contributed by atoms with Crippen LogP contribution in [0.5, 0.6) is 0 Å². The molecule has 0 bridgehead atoms. The van der Waals surface area contributed by atoms with E-state index in [4.69, 9.17) is 23.2 Å². The summed E-state index contributed by atoms with van der Waals surface area (Å²) in [4.78, 5) is 0. The SMILES string of the molecule is CCCNC(c1cccc(Cl)c1Cl)C1SCCSC1CC. The van der Waals surface area contributed by atoms with Crippen LogP contribution >= 0.6 is 46.7 Å². The van der Waals surface area contributed by atoms with Crippen LogP contribution in [0.25, 0.3) is 0 Å². The van der Waals surface area contributed by atoms with Crippen molar-refractivity contribution in [2.45, 2.75) is 43.2 Å². The monoisotopic (exact) mass is 363 g/mol. The van der Waals surface area contributed by atoms with Gasteiger partial charge in [-0.05, 0) is 31.0 Å². The Labute approximate surface area is 146 Å². The number of hydrogen-bond donors (Lipinski definition) is 1. The highest BCUT2D eigenvalue weighted by atomic mass is 35.5. The van der Waals surface area contributed by atoms with Gasteiger partial charge in [0.2, 0.25) is 0 Å². The lowest BCUT2D eigenvalue weighted by Crippen LogP contribution is -2.39. The van der Waals surface area contributed by atoms with Gasteiger partial charge in [-0.15, -0.1) is 0 Å². The first-order valence-electron chi connectivity index (χ1n) is 7.59. The zero-order chi connectivity index (χ0) is 15.2. The lowest BCUT2D eigenvalue weighted by molar-refractivity contribution is 0.498. The summed E-state index contributed by atoms with van der Waals surface area (Å²) < 4.78 is 0. The maximum Gasteiger partial charge on any atom is 0.0640 e. The molecule has 1 aliphatic heterocycles. The molecule has 2 rings (SSSR count). The number of benzene rings is 1. The van der Waals surface area contributed by atoms with Crippen molar-refractivity contribution >= 4 is 46.7 Å². The van der Waals surface area contributed by atoms with Crippen molar-refractivity contribution in [2.24, 2.45) is 0 Å². The van der Waals surface area contributed by atoms with Gasteiger partial charge in [-0.25, -0.2) is 0 Å². The fourth-order valence-corrected chi connectivity index (χ4v) is 6.38. The van der Waals surface area contributed by atoms with E-state index in [9.17, 15) is 0 Å². The van der Waals surface area contributed by atoms with Crippen molar-refractivity contribution in [3.05, 3.63) is 33.8 Å². The fourth-order valence-electron chi connectivity index (χ4n) is 2.71. The molecule has 3 atom stereocenters. The van der Waals surface area contributed by atoms with Gasteiger partial charge in [-0.1, -0.05) is 49.2 Å². The van der Waals surface area contributed by atoms with Crippen molar-refractivity contribution in [3.63, 3.8) is 0 Å². The minimum Gasteiger partial charge on any atom is -0.309 e. The van der Waals surface area contributed by atoms with E-state index in [0.29, 0.717) is 20.5 Å². The molecule has 1 aromatic carbocycles. The molecule has 0 saturated carbocycles. The Morgan fingerprint density at radius 1 is 1.24 bits per heavy atom. The average molecular weight is 364 g/mol. The number of nitrogens with one attached hydrogen (secondary N) is 1. The smallest absolute Gasteiger partial charge is 0.0640 e. The highest BCUT2D eigenvalue weighted by molar-refractivity contribution is 8.07. The van der Waals surface area contributed by atoms with E-state index < -0.39 is 0 Å². The molecule has 1 heterocycles. The van der Waals surface area contributed by atoms with Gasteiger partial charge >= 0.3 is 0 Å². The van der Waals surface area contributed by atoms with E-state index in [0.717, 1.165) is 18.5 Å². The van der Waals surface area contributed by atoms with Gasteiger partial charge in [-0.3, -0.25) is 0 Å². The van der Waals surface area contributed by atoms with Gasteiger partial charge in [0.05, 0.1) is 10.0 Å². The van der Waals surface area contributed by atoms with Crippen molar-refractivity contribution < 1.29 is 0 Å². The second kappa shape index (κ2) is 8.93. The first kappa shape index (κ1) is 17.8. The third kappa shape index (κ3) is 4.48. The third-order valence-corrected chi connectivity index (χ3v) is 7.94. The maximum absolute atomic E-state index is 6.49. The van der Waals surface area contributed by atoms with Gasteiger partial charge in [-0.2, -0.15) is 23.5 Å². The molecule has 0 radical (unpaired) electrons. The van der Waals surface area contributed by atoms with E-state index in [1.807, 2.05) is 12.1 Å². The zero-order valence-corrected chi connectivity index (χ0v) is 15.7. The van der Waals surface area contributed by atoms with Crippen LogP contribution in [0.15, 0.2) is 18.2 Å². The van der Waals surface area contributed by atoms with E-state index >= 15 is 0 Å². The Balaban J connectivity index is 2.30. The number of rotatable bonds is 6. The van der Waals surface area contributed by atoms with Crippen LogP contribution in [0, 0.1) is 0 Å². The van der Waals surface area contributed by atoms with Crippen molar-refractivity contribution in [1.82, 2.24) is 5.32 Å². The molecule has 3 unspecified atom stereocenters. The predicted octanol–water partition coefficient (Wildman–Crippen LogP) is 5.66. The highest BCUT2D eigenvalue weighted by Gasteiger charge is 2.33. The zero-order valence-electron chi connectivity index (χ0n) is 12.6. The Kier molecular flexibility index (Phi) is 7.57. The topological polar surface area (TPSA) is 12.0 Å². The maximum atomic E-state index is 6.49. The second-order valence-electron chi connectivity index (χ2n) is 5.23. The van der Waals surface area contributed by atoms with Gasteiger partial charge in [0, 0.05) is 28.0 Å². The Hall–Kier alpha value is 0.460. The van der Waals surface area contributed by atoms with E-state index in [-0.39, 0.29) is 6.04 Å². The number of hydrogen-bond acceptors (Lipinski definition) is 3. The average Bonchev–Trinajstić information content (AvgIpc) is 2.52. The lowest BCUT2D eigenvalue weighted by Gasteiger charge is -2.37. The molecule has 1 nitrogen and oxygen atoms in total. The fraction of sp³-hybridized carbons (Fsp3) is 0.625. The molecular formula is C16H23Cl2NS2. The van der Waals surface area contributed by atoms with E-state index in [1.54, 1.807) is 0 Å². The molecule has 0 aromatic heterocycles. The highest BCUT2D eigenvalue weighted by Crippen LogP contribution is 2.42. The van der Waals surface area contributed by atoms with Crippen molar-refractivity contribution in [1.29, 1.82) is 0 Å². The lowest BCUT2D eigenvalue weighted by atomic mass is 9.99. The molecular weight excluding hydrogens is 341 g/mol. The summed E-state index contributed by atoms with van der Waals surface area (Å²) in [5, 5.41) is 6.30. The first-order chi connectivity index (χ1) is 10.2. The normalized spacial score (nSPS) is 24.0. The Bertz CT molecular complexity index is 456. The predicted molar refractivity (Wildman–Crippen MR) is 100 cm³/mol. The quantitative estimate of drug-likeness (QED) is 0.699. The molecule has 1 aromatic rings. The van der Waals surface area contributed by atoms with Crippen LogP contribution in [-0.2, 0) is 0 Å². The summed E-state index contributed by atoms with van der Waals surface area (Å²) in [6.07, 6.45) is 2.32. The Morgan fingerprint density at radius 3 is 2.71 bits per heavy atom. The molecule has 1 saturated heterocycles. The summed E-state index contributed by atoms with van der Waals surface area (Å²) in [5.41, 5.74) is 1.15. The summed E-state index contributed by atoms with van der Waals surface area (Å²) >= 11 is 16.9. The van der Waals surface area contributed by atoms with Gasteiger partial charge in [0.25, 0.3) is 0 Å². The molecule has 1 fully saturated rings. The molecule has 118 valence electrons. The van der Waals surface area contributed by atoms with Crippen LogP contribution in [0.1, 0.15) is 38.3 Å². The molecule has 0 amide bonds. The van der Waals surface area contributed by atoms with Crippen LogP contribution in [0.2, 0.25) is 10.0 Å². The summed E-state index contributed by atoms with van der Waals surface area (Å²) in [6.45, 7) is 5.49. The molecule has 0 spiro atoms. The Morgan fingerprint density at radius 2 is 2.00 bits per heavy atom. The number of thioether (sulfide) groups is 2. The van der Waals surface area contributed by atoms with Crippen LogP contribution in [0.4, 0.5) is 0 Å². The number of halogens is 2. The molecule has 1 N–H and O–H groups in total. The van der Waals surface area contributed by atoms with Crippen molar-refractivity contribution in [3.8, 4) is 0 Å². The molecule has 5 heteroatoms. The summed E-state index contributed by atoms with van der Waals surface area (Å²) in [7, 11) is 0. The first-order valence-corrected chi connectivity index (χ1v) is 10.4.